The second-order valence-corrected chi connectivity index (χ2v) is 8.42. The third kappa shape index (κ3) is 4.55. The molecule has 0 amide bonds. The molecule has 1 atom stereocenters. The number of hydrogen-bond acceptors (Lipinski definition) is 5. The molecule has 0 aliphatic heterocycles. The molecule has 1 N–H and O–H groups in total. The highest BCUT2D eigenvalue weighted by Crippen LogP contribution is 2.34. The van der Waals surface area contributed by atoms with Crippen molar-refractivity contribution in [1.29, 1.82) is 0 Å². The van der Waals surface area contributed by atoms with Gasteiger partial charge in [0.25, 0.3) is 10.0 Å². The average molecular weight is 431 g/mol. The summed E-state index contributed by atoms with van der Waals surface area (Å²) in [4.78, 5) is 3.16. The van der Waals surface area contributed by atoms with Gasteiger partial charge in [-0.1, -0.05) is 23.7 Å². The molecule has 1 aromatic heterocycles. The first-order chi connectivity index (χ1) is 12.8. The van der Waals surface area contributed by atoms with Gasteiger partial charge in [-0.05, 0) is 30.7 Å². The summed E-state index contributed by atoms with van der Waals surface area (Å²) in [5.41, 5.74) is 0.522. The lowest BCUT2D eigenvalue weighted by atomic mass is 10.1. The number of halogens is 3. The molecule has 27 heavy (non-hydrogen) atoms. The summed E-state index contributed by atoms with van der Waals surface area (Å²) >= 11 is 7.13. The Morgan fingerprint density at radius 1 is 1.26 bits per heavy atom. The lowest BCUT2D eigenvalue weighted by molar-refractivity contribution is 0.225. The van der Waals surface area contributed by atoms with Crippen molar-refractivity contribution in [2.24, 2.45) is 0 Å². The van der Waals surface area contributed by atoms with Gasteiger partial charge in [0.2, 0.25) is 0 Å². The van der Waals surface area contributed by atoms with Crippen molar-refractivity contribution in [1.82, 2.24) is 4.98 Å². The molecule has 5 nitrogen and oxygen atoms in total. The summed E-state index contributed by atoms with van der Waals surface area (Å²) in [6, 6.07) is 7.58. The first kappa shape index (κ1) is 19.5. The van der Waals surface area contributed by atoms with Crippen molar-refractivity contribution in [2.75, 3.05) is 4.72 Å². The molecular weight excluding hydrogens is 418 g/mol. The fourth-order valence-electron chi connectivity index (χ4n) is 2.27. The van der Waals surface area contributed by atoms with Crippen LogP contribution in [0.2, 0.25) is 5.02 Å². The molecular formula is C17H13ClF2N2O3S2. The van der Waals surface area contributed by atoms with Gasteiger partial charge in [-0.25, -0.2) is 22.2 Å². The zero-order chi connectivity index (χ0) is 19.6. The van der Waals surface area contributed by atoms with Crippen LogP contribution in [0.15, 0.2) is 52.9 Å². The van der Waals surface area contributed by atoms with E-state index in [0.717, 1.165) is 23.5 Å². The van der Waals surface area contributed by atoms with E-state index in [1.165, 1.54) is 24.4 Å². The highest BCUT2D eigenvalue weighted by atomic mass is 35.5. The molecule has 2 aromatic carbocycles. The number of nitrogens with zero attached hydrogens (tertiary/aromatic N) is 1. The standard InChI is InChI=1S/C17H13ClF2N2O3S2/c1-10(11-3-2-4-12(19)7-11)25-15-9-14(20)16(8-13(15)18)27(23,24)22-17-21-5-6-26-17/h2-10H,1H3,(H,21,22). The summed E-state index contributed by atoms with van der Waals surface area (Å²) in [6.45, 7) is 1.64. The van der Waals surface area contributed by atoms with Crippen molar-refractivity contribution in [3.8, 4) is 5.75 Å². The third-order valence-corrected chi connectivity index (χ3v) is 6.02. The second kappa shape index (κ2) is 7.79. The summed E-state index contributed by atoms with van der Waals surface area (Å²) in [7, 11) is -4.21. The van der Waals surface area contributed by atoms with Crippen LogP contribution >= 0.6 is 22.9 Å². The number of thiazole rings is 1. The molecule has 3 aromatic rings. The molecule has 0 fully saturated rings. The number of aromatic nitrogens is 1. The van der Waals surface area contributed by atoms with Gasteiger partial charge in [-0.2, -0.15) is 0 Å². The van der Waals surface area contributed by atoms with Crippen molar-refractivity contribution >= 4 is 38.1 Å². The molecule has 142 valence electrons. The minimum atomic E-state index is -4.21. The van der Waals surface area contributed by atoms with Crippen LogP contribution in [-0.2, 0) is 10.0 Å². The summed E-state index contributed by atoms with van der Waals surface area (Å²) in [6.07, 6.45) is 0.782. The largest absolute Gasteiger partial charge is 0.484 e. The minimum absolute atomic E-state index is 0.0564. The van der Waals surface area contributed by atoms with E-state index in [1.54, 1.807) is 18.4 Å². The molecule has 0 radical (unpaired) electrons. The molecule has 0 aliphatic carbocycles. The van der Waals surface area contributed by atoms with E-state index < -0.39 is 32.7 Å². The fraction of sp³-hybridized carbons (Fsp3) is 0.118. The average Bonchev–Trinajstić information content (AvgIpc) is 3.09. The first-order valence-electron chi connectivity index (χ1n) is 7.60. The van der Waals surface area contributed by atoms with Gasteiger partial charge >= 0.3 is 0 Å². The van der Waals surface area contributed by atoms with Crippen LogP contribution in [-0.4, -0.2) is 13.4 Å². The highest BCUT2D eigenvalue weighted by Gasteiger charge is 2.23. The monoisotopic (exact) mass is 430 g/mol. The molecule has 3 rings (SSSR count). The van der Waals surface area contributed by atoms with Crippen molar-refractivity contribution < 1.29 is 21.9 Å². The van der Waals surface area contributed by atoms with E-state index in [9.17, 15) is 17.2 Å². The zero-order valence-corrected chi connectivity index (χ0v) is 16.2. The number of hydrogen-bond donors (Lipinski definition) is 1. The van der Waals surface area contributed by atoms with E-state index in [1.807, 2.05) is 0 Å². The van der Waals surface area contributed by atoms with Crippen molar-refractivity contribution in [3.05, 3.63) is 70.2 Å². The SMILES string of the molecule is CC(Oc1cc(F)c(S(=O)(=O)Nc2nccs2)cc1Cl)c1cccc(F)c1. The summed E-state index contributed by atoms with van der Waals surface area (Å²) in [5.74, 6) is -1.53. The predicted octanol–water partition coefficient (Wildman–Crippen LogP) is 5.02. The topological polar surface area (TPSA) is 68.3 Å². The second-order valence-electron chi connectivity index (χ2n) is 5.47. The van der Waals surface area contributed by atoms with E-state index >= 15 is 0 Å². The number of sulfonamides is 1. The molecule has 0 spiro atoms. The maximum atomic E-state index is 14.4. The van der Waals surface area contributed by atoms with Gasteiger partial charge < -0.3 is 4.74 Å². The molecule has 0 bridgehead atoms. The van der Waals surface area contributed by atoms with E-state index in [0.29, 0.717) is 5.56 Å². The maximum Gasteiger partial charge on any atom is 0.266 e. The predicted molar refractivity (Wildman–Crippen MR) is 99.8 cm³/mol. The Labute approximate surface area is 163 Å². The minimum Gasteiger partial charge on any atom is -0.484 e. The van der Waals surface area contributed by atoms with Crippen LogP contribution in [0.3, 0.4) is 0 Å². The fourth-order valence-corrected chi connectivity index (χ4v) is 4.42. The number of ether oxygens (including phenoxy) is 1. The van der Waals surface area contributed by atoms with Crippen molar-refractivity contribution in [3.63, 3.8) is 0 Å². The maximum absolute atomic E-state index is 14.4. The van der Waals surface area contributed by atoms with Crippen LogP contribution in [0.4, 0.5) is 13.9 Å². The molecule has 1 unspecified atom stereocenters. The quantitative estimate of drug-likeness (QED) is 0.596. The normalized spacial score (nSPS) is 12.6. The Kier molecular flexibility index (Phi) is 5.64. The van der Waals surface area contributed by atoms with E-state index in [-0.39, 0.29) is 15.9 Å². The Balaban J connectivity index is 1.86. The van der Waals surface area contributed by atoms with Crippen LogP contribution in [0, 0.1) is 11.6 Å². The van der Waals surface area contributed by atoms with Gasteiger partial charge in [0.1, 0.15) is 28.4 Å². The van der Waals surface area contributed by atoms with Gasteiger partial charge in [0.15, 0.2) is 5.13 Å². The van der Waals surface area contributed by atoms with Crippen LogP contribution < -0.4 is 9.46 Å². The Morgan fingerprint density at radius 2 is 2.04 bits per heavy atom. The summed E-state index contributed by atoms with van der Waals surface area (Å²) < 4.78 is 60.2. The Morgan fingerprint density at radius 3 is 2.70 bits per heavy atom. The van der Waals surface area contributed by atoms with Crippen LogP contribution in [0.5, 0.6) is 5.75 Å². The molecule has 0 saturated carbocycles. The smallest absolute Gasteiger partial charge is 0.266 e. The highest BCUT2D eigenvalue weighted by molar-refractivity contribution is 7.93. The van der Waals surface area contributed by atoms with Gasteiger partial charge in [0.05, 0.1) is 5.02 Å². The lowest BCUT2D eigenvalue weighted by Crippen LogP contribution is -2.15. The molecule has 1 heterocycles. The summed E-state index contributed by atoms with van der Waals surface area (Å²) in [5, 5.41) is 1.58. The molecule has 0 aliphatic rings. The number of nitrogens with one attached hydrogen (secondary N) is 1. The van der Waals surface area contributed by atoms with Gasteiger partial charge in [-0.3, -0.25) is 4.72 Å². The number of rotatable bonds is 6. The zero-order valence-electron chi connectivity index (χ0n) is 13.8. The Bertz CT molecular complexity index is 1060. The first-order valence-corrected chi connectivity index (χ1v) is 10.3. The van der Waals surface area contributed by atoms with Crippen LogP contribution in [0.25, 0.3) is 0 Å². The van der Waals surface area contributed by atoms with Gasteiger partial charge in [0, 0.05) is 17.6 Å². The number of benzene rings is 2. The van der Waals surface area contributed by atoms with E-state index in [4.69, 9.17) is 16.3 Å². The van der Waals surface area contributed by atoms with Gasteiger partial charge in [-0.15, -0.1) is 11.3 Å². The third-order valence-electron chi connectivity index (χ3n) is 3.55. The molecule has 10 heteroatoms. The lowest BCUT2D eigenvalue weighted by Gasteiger charge is -2.17. The number of anilines is 1. The van der Waals surface area contributed by atoms with E-state index in [2.05, 4.69) is 9.71 Å². The van der Waals surface area contributed by atoms with Crippen molar-refractivity contribution in [2.45, 2.75) is 17.9 Å². The molecule has 0 saturated heterocycles. The Hall–Kier alpha value is -2.23. The van der Waals surface area contributed by atoms with Crippen LogP contribution in [0.1, 0.15) is 18.6 Å².